The van der Waals surface area contributed by atoms with E-state index in [1.807, 2.05) is 30.6 Å². The summed E-state index contributed by atoms with van der Waals surface area (Å²) in [4.78, 5) is 28.2. The van der Waals surface area contributed by atoms with Gasteiger partial charge in [-0.25, -0.2) is 4.79 Å². The normalized spacial score (nSPS) is 21.1. The van der Waals surface area contributed by atoms with Gasteiger partial charge in [-0.2, -0.15) is 0 Å². The zero-order valence-corrected chi connectivity index (χ0v) is 12.9. The van der Waals surface area contributed by atoms with E-state index >= 15 is 0 Å². The van der Waals surface area contributed by atoms with Crippen LogP contribution < -0.4 is 5.32 Å². The summed E-state index contributed by atoms with van der Waals surface area (Å²) in [6.45, 7) is 8.78. The maximum absolute atomic E-state index is 12.2. The van der Waals surface area contributed by atoms with Gasteiger partial charge in [-0.1, -0.05) is 6.42 Å². The molecule has 5 nitrogen and oxygen atoms in total. The largest absolute Gasteiger partial charge is 0.341 e. The van der Waals surface area contributed by atoms with Crippen LogP contribution in [0.5, 0.6) is 0 Å². The van der Waals surface area contributed by atoms with Crippen molar-refractivity contribution < 1.29 is 9.59 Å². The molecular formula is C15H27N3O2. The van der Waals surface area contributed by atoms with Crippen LogP contribution in [0.15, 0.2) is 0 Å². The van der Waals surface area contributed by atoms with Gasteiger partial charge in [-0.3, -0.25) is 4.79 Å². The molecule has 0 unspecified atom stereocenters. The fourth-order valence-electron chi connectivity index (χ4n) is 2.65. The van der Waals surface area contributed by atoms with Crippen LogP contribution in [0.4, 0.5) is 4.79 Å². The Hall–Kier alpha value is -1.26. The third kappa shape index (κ3) is 3.87. The number of carbonyl (C=O) groups excluding carboxylic acids is 2. The summed E-state index contributed by atoms with van der Waals surface area (Å²) in [5, 5.41) is 2.99. The van der Waals surface area contributed by atoms with E-state index in [1.165, 1.54) is 6.42 Å². The highest BCUT2D eigenvalue weighted by molar-refractivity contribution is 5.80. The molecule has 1 aliphatic heterocycles. The monoisotopic (exact) mass is 281 g/mol. The Kier molecular flexibility index (Phi) is 4.55. The van der Waals surface area contributed by atoms with Gasteiger partial charge in [0.25, 0.3) is 0 Å². The van der Waals surface area contributed by atoms with Gasteiger partial charge in [0.15, 0.2) is 0 Å². The lowest BCUT2D eigenvalue weighted by Gasteiger charge is -2.31. The first-order valence-electron chi connectivity index (χ1n) is 7.73. The van der Waals surface area contributed by atoms with Crippen molar-refractivity contribution in [2.45, 2.75) is 52.0 Å². The van der Waals surface area contributed by atoms with Crippen molar-refractivity contribution in [3.05, 3.63) is 0 Å². The molecule has 1 saturated carbocycles. The third-order valence-electron chi connectivity index (χ3n) is 4.03. The SMILES string of the molecule is CC(C)(C)NC(=O)N1CCCN(C(=O)C2CCC2)CC1. The molecule has 0 bridgehead atoms. The smallest absolute Gasteiger partial charge is 0.317 e. The van der Waals surface area contributed by atoms with Crippen LogP contribution in [0.3, 0.4) is 0 Å². The summed E-state index contributed by atoms with van der Waals surface area (Å²) in [6.07, 6.45) is 4.15. The van der Waals surface area contributed by atoms with Crippen LogP contribution in [0.2, 0.25) is 0 Å². The molecule has 0 aromatic heterocycles. The number of urea groups is 1. The molecule has 0 aromatic rings. The lowest BCUT2D eigenvalue weighted by Crippen LogP contribution is -2.49. The molecule has 3 amide bonds. The van der Waals surface area contributed by atoms with Crippen LogP contribution in [0, 0.1) is 5.92 Å². The molecule has 0 atom stereocenters. The van der Waals surface area contributed by atoms with E-state index in [2.05, 4.69) is 5.32 Å². The van der Waals surface area contributed by atoms with Crippen molar-refractivity contribution in [3.8, 4) is 0 Å². The van der Waals surface area contributed by atoms with Crippen LogP contribution in [0.1, 0.15) is 46.5 Å². The highest BCUT2D eigenvalue weighted by Crippen LogP contribution is 2.28. The van der Waals surface area contributed by atoms with Crippen LogP contribution in [-0.4, -0.2) is 53.5 Å². The number of hydrogen-bond acceptors (Lipinski definition) is 2. The molecule has 0 radical (unpaired) electrons. The topological polar surface area (TPSA) is 52.7 Å². The Morgan fingerprint density at radius 3 is 2.10 bits per heavy atom. The van der Waals surface area contributed by atoms with Gasteiger partial charge in [0, 0.05) is 37.6 Å². The molecule has 0 aromatic carbocycles. The fraction of sp³-hybridized carbons (Fsp3) is 0.867. The van der Waals surface area contributed by atoms with E-state index in [9.17, 15) is 9.59 Å². The first kappa shape index (κ1) is 15.1. The van der Waals surface area contributed by atoms with Gasteiger partial charge in [-0.15, -0.1) is 0 Å². The first-order chi connectivity index (χ1) is 9.37. The Morgan fingerprint density at radius 1 is 0.950 bits per heavy atom. The second kappa shape index (κ2) is 6.02. The van der Waals surface area contributed by atoms with Gasteiger partial charge in [0.2, 0.25) is 5.91 Å². The highest BCUT2D eigenvalue weighted by atomic mass is 16.2. The van der Waals surface area contributed by atoms with E-state index in [0.29, 0.717) is 19.0 Å². The van der Waals surface area contributed by atoms with Gasteiger partial charge in [-0.05, 0) is 40.0 Å². The minimum Gasteiger partial charge on any atom is -0.341 e. The summed E-state index contributed by atoms with van der Waals surface area (Å²) in [6, 6.07) is -0.0181. The van der Waals surface area contributed by atoms with E-state index in [4.69, 9.17) is 0 Å². The lowest BCUT2D eigenvalue weighted by molar-refractivity contribution is -0.138. The quantitative estimate of drug-likeness (QED) is 0.797. The minimum atomic E-state index is -0.217. The second-order valence-corrected chi connectivity index (χ2v) is 6.97. The van der Waals surface area contributed by atoms with Crippen molar-refractivity contribution >= 4 is 11.9 Å². The van der Waals surface area contributed by atoms with Crippen LogP contribution in [-0.2, 0) is 4.79 Å². The Labute approximate surface area is 121 Å². The molecule has 2 rings (SSSR count). The van der Waals surface area contributed by atoms with Gasteiger partial charge in [0.1, 0.15) is 0 Å². The number of amides is 3. The van der Waals surface area contributed by atoms with E-state index in [1.54, 1.807) is 0 Å². The van der Waals surface area contributed by atoms with Crippen molar-refractivity contribution in [1.82, 2.24) is 15.1 Å². The molecule has 2 aliphatic rings. The number of nitrogens with zero attached hydrogens (tertiary/aromatic N) is 2. The van der Waals surface area contributed by atoms with Gasteiger partial charge < -0.3 is 15.1 Å². The Morgan fingerprint density at radius 2 is 1.55 bits per heavy atom. The van der Waals surface area contributed by atoms with E-state index in [0.717, 1.165) is 32.4 Å². The number of rotatable bonds is 1. The Balaban J connectivity index is 1.85. The molecule has 5 heteroatoms. The Bertz CT molecular complexity index is 372. The zero-order valence-electron chi connectivity index (χ0n) is 12.9. The number of nitrogens with one attached hydrogen (secondary N) is 1. The van der Waals surface area contributed by atoms with Crippen molar-refractivity contribution in [2.75, 3.05) is 26.2 Å². The predicted molar refractivity (Wildman–Crippen MR) is 78.4 cm³/mol. The molecule has 20 heavy (non-hydrogen) atoms. The maximum Gasteiger partial charge on any atom is 0.317 e. The second-order valence-electron chi connectivity index (χ2n) is 6.97. The zero-order chi connectivity index (χ0) is 14.8. The van der Waals surface area contributed by atoms with Crippen LogP contribution in [0.25, 0.3) is 0 Å². The highest BCUT2D eigenvalue weighted by Gasteiger charge is 2.31. The summed E-state index contributed by atoms with van der Waals surface area (Å²) >= 11 is 0. The summed E-state index contributed by atoms with van der Waals surface area (Å²) in [5.41, 5.74) is -0.217. The molecular weight excluding hydrogens is 254 g/mol. The van der Waals surface area contributed by atoms with Gasteiger partial charge >= 0.3 is 6.03 Å². The summed E-state index contributed by atoms with van der Waals surface area (Å²) in [7, 11) is 0. The lowest BCUT2D eigenvalue weighted by atomic mass is 9.84. The maximum atomic E-state index is 12.2. The number of hydrogen-bond donors (Lipinski definition) is 1. The van der Waals surface area contributed by atoms with Crippen molar-refractivity contribution in [2.24, 2.45) is 5.92 Å². The first-order valence-corrected chi connectivity index (χ1v) is 7.73. The third-order valence-corrected chi connectivity index (χ3v) is 4.03. The molecule has 2 fully saturated rings. The standard InChI is InChI=1S/C15H27N3O2/c1-15(2,3)16-14(20)18-9-5-8-17(10-11-18)13(19)12-6-4-7-12/h12H,4-11H2,1-3H3,(H,16,20). The molecule has 1 aliphatic carbocycles. The summed E-state index contributed by atoms with van der Waals surface area (Å²) < 4.78 is 0. The van der Waals surface area contributed by atoms with Crippen LogP contribution >= 0.6 is 0 Å². The van der Waals surface area contributed by atoms with E-state index in [-0.39, 0.29) is 17.5 Å². The number of carbonyl (C=O) groups is 2. The predicted octanol–water partition coefficient (Wildman–Crippen LogP) is 1.83. The molecule has 0 spiro atoms. The molecule has 1 N–H and O–H groups in total. The molecule has 1 saturated heterocycles. The van der Waals surface area contributed by atoms with Gasteiger partial charge in [0.05, 0.1) is 0 Å². The molecule has 114 valence electrons. The minimum absolute atomic E-state index is 0.0181. The van der Waals surface area contributed by atoms with E-state index < -0.39 is 0 Å². The van der Waals surface area contributed by atoms with Crippen molar-refractivity contribution in [1.29, 1.82) is 0 Å². The average molecular weight is 281 g/mol. The summed E-state index contributed by atoms with van der Waals surface area (Å²) in [5.74, 6) is 0.555. The fourth-order valence-corrected chi connectivity index (χ4v) is 2.65. The molecule has 1 heterocycles. The van der Waals surface area contributed by atoms with Crippen molar-refractivity contribution in [3.63, 3.8) is 0 Å². The average Bonchev–Trinajstić information content (AvgIpc) is 2.49.